The molecule has 2 rings (SSSR count). The minimum Gasteiger partial charge on any atom is -0.507 e. The van der Waals surface area contributed by atoms with Crippen molar-refractivity contribution in [1.82, 2.24) is 0 Å². The molecule has 0 fully saturated rings. The highest BCUT2D eigenvalue weighted by molar-refractivity contribution is 5.91. The van der Waals surface area contributed by atoms with Crippen LogP contribution in [0.2, 0.25) is 0 Å². The van der Waals surface area contributed by atoms with E-state index in [1.807, 2.05) is 37.3 Å². The normalized spacial score (nSPS) is 11.9. The fourth-order valence-electron chi connectivity index (χ4n) is 2.12. The summed E-state index contributed by atoms with van der Waals surface area (Å²) in [4.78, 5) is 0. The summed E-state index contributed by atoms with van der Waals surface area (Å²) in [5.41, 5.74) is 8.29. The number of halogens is 1. The maximum Gasteiger partial charge on any atom is 0.123 e. The summed E-state index contributed by atoms with van der Waals surface area (Å²) in [6, 6.07) is 11.3. The standard InChI is InChI=1S/C15H17NO.ClH/c1-10(2)9-14(16)12-7-8-15(17)13-6-4-3-5-11(12)13;/h3-8,14,17H,1,9,16H2,2H3;1H/t14-;/m0./s1. The van der Waals surface area contributed by atoms with Crippen molar-refractivity contribution in [2.24, 2.45) is 5.73 Å². The first-order valence-electron chi connectivity index (χ1n) is 5.70. The van der Waals surface area contributed by atoms with Gasteiger partial charge in [0.05, 0.1) is 0 Å². The highest BCUT2D eigenvalue weighted by Crippen LogP contribution is 2.31. The Morgan fingerprint density at radius 3 is 2.44 bits per heavy atom. The molecular weight excluding hydrogens is 246 g/mol. The molecule has 0 heterocycles. The molecule has 96 valence electrons. The molecule has 0 bridgehead atoms. The number of rotatable bonds is 3. The molecule has 0 aliphatic carbocycles. The van der Waals surface area contributed by atoms with Gasteiger partial charge < -0.3 is 10.8 Å². The average Bonchev–Trinajstić information content (AvgIpc) is 2.29. The van der Waals surface area contributed by atoms with Gasteiger partial charge in [0.15, 0.2) is 0 Å². The van der Waals surface area contributed by atoms with Gasteiger partial charge in [-0.15, -0.1) is 19.0 Å². The Kier molecular flexibility index (Phi) is 4.76. The van der Waals surface area contributed by atoms with Crippen LogP contribution in [-0.4, -0.2) is 5.11 Å². The summed E-state index contributed by atoms with van der Waals surface area (Å²) in [6.07, 6.45) is 0.759. The van der Waals surface area contributed by atoms with Crippen molar-refractivity contribution >= 4 is 23.2 Å². The van der Waals surface area contributed by atoms with Crippen molar-refractivity contribution in [3.8, 4) is 5.75 Å². The highest BCUT2D eigenvalue weighted by Gasteiger charge is 2.11. The number of aromatic hydroxyl groups is 1. The first kappa shape index (κ1) is 14.6. The Hall–Kier alpha value is -1.51. The van der Waals surface area contributed by atoms with E-state index in [0.717, 1.165) is 28.3 Å². The second-order valence-corrected chi connectivity index (χ2v) is 4.49. The molecule has 0 unspecified atom stereocenters. The lowest BCUT2D eigenvalue weighted by Crippen LogP contribution is -2.10. The molecule has 3 N–H and O–H groups in total. The summed E-state index contributed by atoms with van der Waals surface area (Å²) in [7, 11) is 0. The van der Waals surface area contributed by atoms with E-state index < -0.39 is 0 Å². The van der Waals surface area contributed by atoms with Gasteiger partial charge in [-0.1, -0.05) is 35.9 Å². The van der Waals surface area contributed by atoms with Gasteiger partial charge in [-0.05, 0) is 30.4 Å². The van der Waals surface area contributed by atoms with Crippen molar-refractivity contribution < 1.29 is 5.11 Å². The van der Waals surface area contributed by atoms with E-state index in [2.05, 4.69) is 6.58 Å². The molecule has 2 nitrogen and oxygen atoms in total. The van der Waals surface area contributed by atoms with Crippen LogP contribution in [0.25, 0.3) is 10.8 Å². The zero-order valence-corrected chi connectivity index (χ0v) is 11.2. The predicted molar refractivity (Wildman–Crippen MR) is 79.2 cm³/mol. The number of hydrogen-bond donors (Lipinski definition) is 2. The van der Waals surface area contributed by atoms with Gasteiger partial charge >= 0.3 is 0 Å². The Morgan fingerprint density at radius 2 is 1.83 bits per heavy atom. The zero-order chi connectivity index (χ0) is 12.4. The van der Waals surface area contributed by atoms with E-state index in [1.54, 1.807) is 6.07 Å². The number of phenolic OH excluding ortho intramolecular Hbond substituents is 1. The zero-order valence-electron chi connectivity index (χ0n) is 10.4. The van der Waals surface area contributed by atoms with Crippen molar-refractivity contribution in [2.75, 3.05) is 0 Å². The molecule has 0 amide bonds. The van der Waals surface area contributed by atoms with Crippen molar-refractivity contribution in [2.45, 2.75) is 19.4 Å². The van der Waals surface area contributed by atoms with Crippen molar-refractivity contribution in [1.29, 1.82) is 0 Å². The molecule has 18 heavy (non-hydrogen) atoms. The lowest BCUT2D eigenvalue weighted by atomic mass is 9.95. The Balaban J connectivity index is 0.00000162. The SMILES string of the molecule is C=C(C)C[C@H](N)c1ccc(O)c2ccccc12.Cl. The molecule has 3 heteroatoms. The van der Waals surface area contributed by atoms with Crippen molar-refractivity contribution in [3.63, 3.8) is 0 Å². The van der Waals surface area contributed by atoms with Crippen molar-refractivity contribution in [3.05, 3.63) is 54.1 Å². The van der Waals surface area contributed by atoms with Crippen LogP contribution in [-0.2, 0) is 0 Å². The van der Waals surface area contributed by atoms with Gasteiger partial charge in [0.2, 0.25) is 0 Å². The largest absolute Gasteiger partial charge is 0.507 e. The van der Waals surface area contributed by atoms with Gasteiger partial charge in [0.1, 0.15) is 5.75 Å². The Labute approximate surface area is 114 Å². The van der Waals surface area contributed by atoms with Gasteiger partial charge in [0.25, 0.3) is 0 Å². The van der Waals surface area contributed by atoms with Gasteiger partial charge in [-0.3, -0.25) is 0 Å². The topological polar surface area (TPSA) is 46.2 Å². The first-order chi connectivity index (χ1) is 8.09. The minimum absolute atomic E-state index is 0. The predicted octanol–water partition coefficient (Wildman–Crippen LogP) is 3.93. The molecule has 2 aromatic rings. The van der Waals surface area contributed by atoms with Crippen LogP contribution in [0.4, 0.5) is 0 Å². The first-order valence-corrected chi connectivity index (χ1v) is 5.70. The number of fused-ring (bicyclic) bond motifs is 1. The average molecular weight is 264 g/mol. The molecule has 0 aromatic heterocycles. The summed E-state index contributed by atoms with van der Waals surface area (Å²) in [6.45, 7) is 5.86. The summed E-state index contributed by atoms with van der Waals surface area (Å²) < 4.78 is 0. The van der Waals surface area contributed by atoms with E-state index in [-0.39, 0.29) is 18.4 Å². The minimum atomic E-state index is -0.0713. The Morgan fingerprint density at radius 1 is 1.22 bits per heavy atom. The molecule has 1 atom stereocenters. The van der Waals surface area contributed by atoms with Crippen LogP contribution in [0.5, 0.6) is 5.75 Å². The molecule has 0 radical (unpaired) electrons. The van der Waals surface area contributed by atoms with Gasteiger partial charge in [-0.25, -0.2) is 0 Å². The quantitative estimate of drug-likeness (QED) is 0.824. The van der Waals surface area contributed by atoms with E-state index in [9.17, 15) is 5.11 Å². The molecule has 0 spiro atoms. The van der Waals surface area contributed by atoms with Crippen LogP contribution < -0.4 is 5.73 Å². The second-order valence-electron chi connectivity index (χ2n) is 4.49. The number of benzene rings is 2. The molecule has 2 aromatic carbocycles. The monoisotopic (exact) mass is 263 g/mol. The van der Waals surface area contributed by atoms with E-state index in [1.165, 1.54) is 0 Å². The van der Waals surface area contributed by atoms with E-state index >= 15 is 0 Å². The molecule has 0 saturated heterocycles. The summed E-state index contributed by atoms with van der Waals surface area (Å²) in [5, 5.41) is 11.7. The van der Waals surface area contributed by atoms with Crippen LogP contribution >= 0.6 is 12.4 Å². The molecule has 0 aliphatic heterocycles. The molecule has 0 aliphatic rings. The smallest absolute Gasteiger partial charge is 0.123 e. The third kappa shape index (κ3) is 2.84. The lowest BCUT2D eigenvalue weighted by molar-refractivity contribution is 0.481. The maximum atomic E-state index is 9.80. The fraction of sp³-hybridized carbons (Fsp3) is 0.200. The van der Waals surface area contributed by atoms with Crippen LogP contribution in [0.15, 0.2) is 48.6 Å². The lowest BCUT2D eigenvalue weighted by Gasteiger charge is -2.15. The Bertz CT molecular complexity index is 565. The fourth-order valence-corrected chi connectivity index (χ4v) is 2.12. The summed E-state index contributed by atoms with van der Waals surface area (Å²) in [5.74, 6) is 0.298. The maximum absolute atomic E-state index is 9.80. The second kappa shape index (κ2) is 5.89. The van der Waals surface area contributed by atoms with E-state index in [4.69, 9.17) is 5.73 Å². The van der Waals surface area contributed by atoms with Gasteiger partial charge in [0, 0.05) is 11.4 Å². The summed E-state index contributed by atoms with van der Waals surface area (Å²) >= 11 is 0. The highest BCUT2D eigenvalue weighted by atomic mass is 35.5. The number of phenols is 1. The third-order valence-electron chi connectivity index (χ3n) is 2.90. The number of nitrogens with two attached hydrogens (primary N) is 1. The number of hydrogen-bond acceptors (Lipinski definition) is 2. The van der Waals surface area contributed by atoms with E-state index in [0.29, 0.717) is 5.75 Å². The molecular formula is C15H18ClNO. The van der Waals surface area contributed by atoms with Crippen LogP contribution in [0.3, 0.4) is 0 Å². The third-order valence-corrected chi connectivity index (χ3v) is 2.90. The molecule has 0 saturated carbocycles. The van der Waals surface area contributed by atoms with Gasteiger partial charge in [-0.2, -0.15) is 0 Å². The van der Waals surface area contributed by atoms with Crippen LogP contribution in [0, 0.1) is 0 Å². The van der Waals surface area contributed by atoms with Crippen LogP contribution in [0.1, 0.15) is 24.9 Å².